The number of amides is 1. The summed E-state index contributed by atoms with van der Waals surface area (Å²) in [5, 5.41) is 25.0. The van der Waals surface area contributed by atoms with Crippen molar-refractivity contribution in [2.24, 2.45) is 11.5 Å². The number of unbranched alkanes of at least 4 members (excludes halogenated alkanes) is 3. The Hall–Kier alpha value is -0.890. The van der Waals surface area contributed by atoms with E-state index in [0.29, 0.717) is 0 Å². The Kier molecular flexibility index (Phi) is 17.4. The highest BCUT2D eigenvalue weighted by molar-refractivity contribution is 5.64. The Balaban J connectivity index is 0. The molecule has 18 heavy (non-hydrogen) atoms. The van der Waals surface area contributed by atoms with E-state index in [9.17, 15) is 4.79 Å². The molecule has 1 amide bonds. The minimum absolute atomic E-state index is 0.0515. The van der Waals surface area contributed by atoms with Gasteiger partial charge >= 0.3 is 6.09 Å². The molecule has 7 nitrogen and oxygen atoms in total. The molecule has 0 saturated carbocycles. The van der Waals surface area contributed by atoms with E-state index in [2.05, 4.69) is 0 Å². The van der Waals surface area contributed by atoms with Crippen LogP contribution in [0.25, 0.3) is 0 Å². The zero-order valence-electron chi connectivity index (χ0n) is 10.9. The number of nitrogens with zero attached hydrogens (tertiary/aromatic N) is 1. The SMILES string of the molecule is NCCCCCCN.O=C(O)N(CCO)CCO. The van der Waals surface area contributed by atoms with Crippen molar-refractivity contribution in [1.29, 1.82) is 0 Å². The monoisotopic (exact) mass is 265 g/mol. The summed E-state index contributed by atoms with van der Waals surface area (Å²) < 4.78 is 0. The predicted octanol–water partition coefficient (Wildman–Crippen LogP) is -0.585. The fourth-order valence-corrected chi connectivity index (χ4v) is 1.19. The molecule has 110 valence electrons. The molecule has 0 spiro atoms. The van der Waals surface area contributed by atoms with Crippen LogP contribution in [0.2, 0.25) is 0 Å². The van der Waals surface area contributed by atoms with Gasteiger partial charge in [-0.3, -0.25) is 0 Å². The molecule has 0 aromatic carbocycles. The largest absolute Gasteiger partial charge is 0.465 e. The molecule has 0 radical (unpaired) electrons. The van der Waals surface area contributed by atoms with Crippen molar-refractivity contribution in [2.75, 3.05) is 39.4 Å². The maximum Gasteiger partial charge on any atom is 0.407 e. The van der Waals surface area contributed by atoms with E-state index in [4.69, 9.17) is 26.8 Å². The van der Waals surface area contributed by atoms with Crippen LogP contribution >= 0.6 is 0 Å². The number of carboxylic acid groups (broad SMARTS) is 1. The fourth-order valence-electron chi connectivity index (χ4n) is 1.19. The molecule has 0 rings (SSSR count). The molecule has 0 aliphatic rings. The number of carbonyl (C=O) groups is 1. The summed E-state index contributed by atoms with van der Waals surface area (Å²) in [5.74, 6) is 0. The van der Waals surface area contributed by atoms with Gasteiger partial charge in [-0.15, -0.1) is 0 Å². The second-order valence-corrected chi connectivity index (χ2v) is 3.71. The van der Waals surface area contributed by atoms with Crippen LogP contribution in [0.4, 0.5) is 4.79 Å². The number of nitrogens with two attached hydrogens (primary N) is 2. The van der Waals surface area contributed by atoms with Crippen LogP contribution < -0.4 is 11.5 Å². The molecule has 0 heterocycles. The molecular weight excluding hydrogens is 238 g/mol. The van der Waals surface area contributed by atoms with E-state index >= 15 is 0 Å². The van der Waals surface area contributed by atoms with Crippen molar-refractivity contribution >= 4 is 6.09 Å². The first-order valence-electron chi connectivity index (χ1n) is 6.23. The summed E-state index contributed by atoms with van der Waals surface area (Å²) in [7, 11) is 0. The molecule has 0 unspecified atom stereocenters. The lowest BCUT2D eigenvalue weighted by Crippen LogP contribution is -2.34. The third kappa shape index (κ3) is 15.1. The van der Waals surface area contributed by atoms with Gasteiger partial charge in [0.2, 0.25) is 0 Å². The van der Waals surface area contributed by atoms with E-state index in [1.54, 1.807) is 0 Å². The molecule has 7 heteroatoms. The van der Waals surface area contributed by atoms with Gasteiger partial charge < -0.3 is 31.7 Å². The topological polar surface area (TPSA) is 133 Å². The van der Waals surface area contributed by atoms with E-state index in [-0.39, 0.29) is 26.3 Å². The van der Waals surface area contributed by atoms with Gasteiger partial charge in [0.25, 0.3) is 0 Å². The second-order valence-electron chi connectivity index (χ2n) is 3.71. The molecule has 7 N–H and O–H groups in total. The number of aliphatic hydroxyl groups excluding tert-OH is 2. The molecular formula is C11H27N3O4. The highest BCUT2D eigenvalue weighted by atomic mass is 16.4. The van der Waals surface area contributed by atoms with Crippen molar-refractivity contribution < 1.29 is 20.1 Å². The third-order valence-corrected chi connectivity index (χ3v) is 2.17. The van der Waals surface area contributed by atoms with Crippen LogP contribution in [0.1, 0.15) is 25.7 Å². The fraction of sp³-hybridized carbons (Fsp3) is 0.909. The summed E-state index contributed by atoms with van der Waals surface area (Å²) in [6.45, 7) is 1.32. The molecule has 0 aliphatic carbocycles. The van der Waals surface area contributed by atoms with Gasteiger partial charge in [-0.1, -0.05) is 12.8 Å². The number of rotatable bonds is 9. The van der Waals surface area contributed by atoms with E-state index in [1.807, 2.05) is 0 Å². The Morgan fingerprint density at radius 2 is 1.28 bits per heavy atom. The summed E-state index contributed by atoms with van der Waals surface area (Å²) in [6, 6.07) is 0. The van der Waals surface area contributed by atoms with Crippen LogP contribution in [0.3, 0.4) is 0 Å². The zero-order valence-corrected chi connectivity index (χ0v) is 10.9. The third-order valence-electron chi connectivity index (χ3n) is 2.17. The van der Waals surface area contributed by atoms with Crippen LogP contribution in [-0.4, -0.2) is 65.7 Å². The average Bonchev–Trinajstić information content (AvgIpc) is 2.35. The molecule has 0 fully saturated rings. The van der Waals surface area contributed by atoms with Gasteiger partial charge in [-0.25, -0.2) is 4.79 Å². The maximum absolute atomic E-state index is 10.2. The van der Waals surface area contributed by atoms with Crippen molar-refractivity contribution in [3.05, 3.63) is 0 Å². The Bertz CT molecular complexity index is 170. The lowest BCUT2D eigenvalue weighted by Gasteiger charge is -2.15. The highest BCUT2D eigenvalue weighted by Gasteiger charge is 2.08. The van der Waals surface area contributed by atoms with E-state index < -0.39 is 6.09 Å². The second kappa shape index (κ2) is 16.1. The number of aliphatic hydroxyl groups is 2. The molecule has 0 bridgehead atoms. The summed E-state index contributed by atoms with van der Waals surface area (Å²) in [6.07, 6.45) is 3.67. The van der Waals surface area contributed by atoms with Crippen LogP contribution in [0, 0.1) is 0 Å². The van der Waals surface area contributed by atoms with Gasteiger partial charge in [-0.05, 0) is 25.9 Å². The van der Waals surface area contributed by atoms with Crippen LogP contribution in [0.5, 0.6) is 0 Å². The Morgan fingerprint density at radius 1 is 0.889 bits per heavy atom. The van der Waals surface area contributed by atoms with Crippen molar-refractivity contribution in [2.45, 2.75) is 25.7 Å². The number of hydrogen-bond donors (Lipinski definition) is 5. The van der Waals surface area contributed by atoms with Gasteiger partial charge in [-0.2, -0.15) is 0 Å². The minimum Gasteiger partial charge on any atom is -0.465 e. The van der Waals surface area contributed by atoms with Crippen molar-refractivity contribution in [1.82, 2.24) is 4.90 Å². The Morgan fingerprint density at radius 3 is 1.50 bits per heavy atom. The molecule has 0 saturated heterocycles. The first-order valence-corrected chi connectivity index (χ1v) is 6.23. The van der Waals surface area contributed by atoms with Crippen LogP contribution in [0.15, 0.2) is 0 Å². The number of hydrogen-bond acceptors (Lipinski definition) is 5. The van der Waals surface area contributed by atoms with Gasteiger partial charge in [0.1, 0.15) is 0 Å². The normalized spacial score (nSPS) is 9.56. The predicted molar refractivity (Wildman–Crippen MR) is 70.3 cm³/mol. The van der Waals surface area contributed by atoms with Gasteiger partial charge in [0.05, 0.1) is 13.2 Å². The van der Waals surface area contributed by atoms with E-state index in [1.165, 1.54) is 12.8 Å². The molecule has 0 atom stereocenters. The van der Waals surface area contributed by atoms with Crippen LogP contribution in [-0.2, 0) is 0 Å². The average molecular weight is 265 g/mol. The summed E-state index contributed by atoms with van der Waals surface area (Å²) in [4.78, 5) is 11.1. The lowest BCUT2D eigenvalue weighted by molar-refractivity contribution is 0.119. The van der Waals surface area contributed by atoms with Crippen molar-refractivity contribution in [3.63, 3.8) is 0 Å². The maximum atomic E-state index is 10.2. The lowest BCUT2D eigenvalue weighted by atomic mass is 10.2. The first-order chi connectivity index (χ1) is 8.63. The molecule has 0 aromatic heterocycles. The standard InChI is InChI=1S/C6H16N2.C5H11NO4/c7-5-3-1-2-4-6-8;7-3-1-6(2-4-8)5(9)10/h1-8H2;7-8H,1-4H2,(H,9,10). The molecule has 0 aliphatic heterocycles. The zero-order chi connectivity index (χ0) is 14.2. The van der Waals surface area contributed by atoms with Crippen molar-refractivity contribution in [3.8, 4) is 0 Å². The molecule has 0 aromatic rings. The van der Waals surface area contributed by atoms with Gasteiger partial charge in [0, 0.05) is 13.1 Å². The van der Waals surface area contributed by atoms with Gasteiger partial charge in [0.15, 0.2) is 0 Å². The summed E-state index contributed by atoms with van der Waals surface area (Å²) >= 11 is 0. The Labute approximate surface area is 108 Å². The summed E-state index contributed by atoms with van der Waals surface area (Å²) in [5.41, 5.74) is 10.6. The van der Waals surface area contributed by atoms with E-state index in [0.717, 1.165) is 30.8 Å². The quantitative estimate of drug-likeness (QED) is 0.354. The smallest absolute Gasteiger partial charge is 0.407 e. The highest BCUT2D eigenvalue weighted by Crippen LogP contribution is 1.95. The first kappa shape index (κ1) is 19.4. The minimum atomic E-state index is -1.12.